The van der Waals surface area contributed by atoms with Gasteiger partial charge in [0.05, 0.1) is 17.0 Å². The Balaban J connectivity index is 2.03. The maximum absolute atomic E-state index is 12.0. The highest BCUT2D eigenvalue weighted by atomic mass is 32.2. The second-order valence-electron chi connectivity index (χ2n) is 4.34. The summed E-state index contributed by atoms with van der Waals surface area (Å²) in [4.78, 5) is 12.0. The number of rotatable bonds is 4. The molecule has 1 aliphatic rings. The number of hydrogen-bond donors (Lipinski definition) is 2. The molecule has 1 heterocycles. The quantitative estimate of drug-likeness (QED) is 0.804. The van der Waals surface area contributed by atoms with Crippen LogP contribution in [0.4, 0.5) is 0 Å². The van der Waals surface area contributed by atoms with E-state index in [0.717, 1.165) is 0 Å². The van der Waals surface area contributed by atoms with Crippen molar-refractivity contribution in [3.63, 3.8) is 0 Å². The highest BCUT2D eigenvalue weighted by Gasteiger charge is 2.31. The minimum Gasteiger partial charge on any atom is -0.380 e. The summed E-state index contributed by atoms with van der Waals surface area (Å²) in [5, 5.41) is 2.93. The number of hydrogen-bond acceptors (Lipinski definition) is 5. The van der Waals surface area contributed by atoms with Crippen molar-refractivity contribution in [3.05, 3.63) is 30.3 Å². The zero-order valence-corrected chi connectivity index (χ0v) is 11.3. The molecule has 2 unspecified atom stereocenters. The van der Waals surface area contributed by atoms with E-state index in [9.17, 15) is 13.2 Å². The van der Waals surface area contributed by atoms with Gasteiger partial charge in [-0.2, -0.15) is 0 Å². The average molecular weight is 284 g/mol. The highest BCUT2D eigenvalue weighted by molar-refractivity contribution is 7.90. The number of amides is 1. The number of carbonyl (C=O) groups is 1. The first kappa shape index (κ1) is 14.0. The Morgan fingerprint density at radius 1 is 1.37 bits per heavy atom. The van der Waals surface area contributed by atoms with Gasteiger partial charge in [-0.3, -0.25) is 4.79 Å². The van der Waals surface area contributed by atoms with Crippen LogP contribution < -0.4 is 10.0 Å². The molecule has 1 aromatic carbocycles. The summed E-state index contributed by atoms with van der Waals surface area (Å²) >= 11 is 0. The Morgan fingerprint density at radius 2 is 2.05 bits per heavy atom. The molecule has 0 bridgehead atoms. The molecule has 1 amide bonds. The molecule has 0 spiro atoms. The van der Waals surface area contributed by atoms with Crippen molar-refractivity contribution in [1.29, 1.82) is 0 Å². The van der Waals surface area contributed by atoms with Gasteiger partial charge in [-0.25, -0.2) is 13.1 Å². The van der Waals surface area contributed by atoms with Gasteiger partial charge in [0.15, 0.2) is 0 Å². The molecule has 0 saturated carbocycles. The lowest BCUT2D eigenvalue weighted by Crippen LogP contribution is -2.43. The first-order valence-corrected chi connectivity index (χ1v) is 7.39. The minimum absolute atomic E-state index is 0.0600. The molecular formula is C12H16N2O4S. The monoisotopic (exact) mass is 284 g/mol. The number of nitrogens with one attached hydrogen (secondary N) is 2. The summed E-state index contributed by atoms with van der Waals surface area (Å²) in [5.41, 5.74) is 0. The smallest absolute Gasteiger partial charge is 0.264 e. The number of sulfonamides is 1. The predicted octanol–water partition coefficient (Wildman–Crippen LogP) is -0.132. The standard InChI is InChI=1S/C12H16N2O4S/c1-18-9-7-11(13-8-9)12(15)14-19(16,17)10-5-3-2-4-6-10/h2-6,9,11,13H,7-8H2,1H3,(H,14,15). The van der Waals surface area contributed by atoms with Crippen LogP contribution in [0.2, 0.25) is 0 Å². The lowest BCUT2D eigenvalue weighted by Gasteiger charge is -2.11. The van der Waals surface area contributed by atoms with Crippen molar-refractivity contribution < 1.29 is 17.9 Å². The molecule has 1 fully saturated rings. The van der Waals surface area contributed by atoms with E-state index in [1.807, 2.05) is 0 Å². The summed E-state index contributed by atoms with van der Waals surface area (Å²) in [7, 11) is -2.24. The Labute approximate surface area is 112 Å². The third-order valence-electron chi connectivity index (χ3n) is 3.03. The third kappa shape index (κ3) is 3.31. The van der Waals surface area contributed by atoms with Crippen LogP contribution in [0.1, 0.15) is 6.42 Å². The van der Waals surface area contributed by atoms with Crippen molar-refractivity contribution in [2.45, 2.75) is 23.5 Å². The SMILES string of the molecule is COC1CNC(C(=O)NS(=O)(=O)c2ccccc2)C1. The van der Waals surface area contributed by atoms with Gasteiger partial charge in [-0.1, -0.05) is 18.2 Å². The summed E-state index contributed by atoms with van der Waals surface area (Å²) in [6.45, 7) is 0.542. The normalized spacial score (nSPS) is 23.2. The number of benzene rings is 1. The number of carbonyl (C=O) groups excluding carboxylic acids is 1. The minimum atomic E-state index is -3.80. The van der Waals surface area contributed by atoms with Crippen molar-refractivity contribution in [1.82, 2.24) is 10.0 Å². The average Bonchev–Trinajstić information content (AvgIpc) is 2.88. The lowest BCUT2D eigenvalue weighted by atomic mass is 10.2. The van der Waals surface area contributed by atoms with E-state index in [4.69, 9.17) is 4.74 Å². The van der Waals surface area contributed by atoms with Crippen LogP contribution in [0, 0.1) is 0 Å². The number of methoxy groups -OCH3 is 1. The maximum atomic E-state index is 12.0. The second-order valence-corrected chi connectivity index (χ2v) is 6.02. The Bertz CT molecular complexity index is 544. The molecule has 104 valence electrons. The van der Waals surface area contributed by atoms with Crippen LogP contribution in [-0.2, 0) is 19.6 Å². The molecule has 6 nitrogen and oxygen atoms in total. The zero-order chi connectivity index (χ0) is 13.9. The van der Waals surface area contributed by atoms with Crippen LogP contribution in [-0.4, -0.2) is 40.1 Å². The molecule has 19 heavy (non-hydrogen) atoms. The Morgan fingerprint density at radius 3 is 2.63 bits per heavy atom. The number of ether oxygens (including phenoxy) is 1. The van der Waals surface area contributed by atoms with Crippen LogP contribution >= 0.6 is 0 Å². The maximum Gasteiger partial charge on any atom is 0.264 e. The molecule has 0 aliphatic carbocycles. The highest BCUT2D eigenvalue weighted by Crippen LogP contribution is 2.12. The molecule has 1 aromatic rings. The van der Waals surface area contributed by atoms with E-state index in [0.29, 0.717) is 13.0 Å². The molecule has 0 aromatic heterocycles. The molecule has 2 N–H and O–H groups in total. The van der Waals surface area contributed by atoms with Gasteiger partial charge in [0.2, 0.25) is 0 Å². The molecule has 1 saturated heterocycles. The summed E-state index contributed by atoms with van der Waals surface area (Å²) < 4.78 is 31.1. The lowest BCUT2D eigenvalue weighted by molar-refractivity contribution is -0.121. The van der Waals surface area contributed by atoms with Gasteiger partial charge in [-0.15, -0.1) is 0 Å². The van der Waals surface area contributed by atoms with Crippen molar-refractivity contribution in [3.8, 4) is 0 Å². The van der Waals surface area contributed by atoms with Crippen LogP contribution in [0.15, 0.2) is 35.2 Å². The van der Waals surface area contributed by atoms with Gasteiger partial charge in [0.25, 0.3) is 15.9 Å². The molecule has 0 radical (unpaired) electrons. The molecule has 2 rings (SSSR count). The molecule has 7 heteroatoms. The van der Waals surface area contributed by atoms with E-state index in [-0.39, 0.29) is 11.0 Å². The predicted molar refractivity (Wildman–Crippen MR) is 69.0 cm³/mol. The fraction of sp³-hybridized carbons (Fsp3) is 0.417. The fourth-order valence-corrected chi connectivity index (χ4v) is 2.99. The Hall–Kier alpha value is -1.44. The van der Waals surface area contributed by atoms with Crippen LogP contribution in [0.3, 0.4) is 0 Å². The topological polar surface area (TPSA) is 84.5 Å². The van der Waals surface area contributed by atoms with Gasteiger partial charge in [0, 0.05) is 13.7 Å². The first-order chi connectivity index (χ1) is 9.03. The van der Waals surface area contributed by atoms with Crippen molar-refractivity contribution >= 4 is 15.9 Å². The van der Waals surface area contributed by atoms with E-state index < -0.39 is 22.0 Å². The summed E-state index contributed by atoms with van der Waals surface area (Å²) in [5.74, 6) is -0.552. The van der Waals surface area contributed by atoms with Crippen LogP contribution in [0.25, 0.3) is 0 Å². The van der Waals surface area contributed by atoms with Gasteiger partial charge in [-0.05, 0) is 18.6 Å². The van der Waals surface area contributed by atoms with Gasteiger partial charge < -0.3 is 10.1 Å². The largest absolute Gasteiger partial charge is 0.380 e. The van der Waals surface area contributed by atoms with E-state index in [2.05, 4.69) is 10.0 Å². The second kappa shape index (κ2) is 5.68. The molecule has 2 atom stereocenters. The summed E-state index contributed by atoms with van der Waals surface area (Å²) in [6.07, 6.45) is 0.405. The van der Waals surface area contributed by atoms with E-state index in [1.165, 1.54) is 12.1 Å². The summed E-state index contributed by atoms with van der Waals surface area (Å²) in [6, 6.07) is 7.26. The molecule has 1 aliphatic heterocycles. The van der Waals surface area contributed by atoms with E-state index in [1.54, 1.807) is 25.3 Å². The zero-order valence-electron chi connectivity index (χ0n) is 10.5. The first-order valence-electron chi connectivity index (χ1n) is 5.91. The van der Waals surface area contributed by atoms with Gasteiger partial charge in [0.1, 0.15) is 0 Å². The third-order valence-corrected chi connectivity index (χ3v) is 4.39. The van der Waals surface area contributed by atoms with E-state index >= 15 is 0 Å². The Kier molecular flexibility index (Phi) is 4.18. The molecular weight excluding hydrogens is 268 g/mol. The van der Waals surface area contributed by atoms with Gasteiger partial charge >= 0.3 is 0 Å². The van der Waals surface area contributed by atoms with Crippen LogP contribution in [0.5, 0.6) is 0 Å². The van der Waals surface area contributed by atoms with Crippen molar-refractivity contribution in [2.24, 2.45) is 0 Å². The fourth-order valence-electron chi connectivity index (χ4n) is 1.94. The van der Waals surface area contributed by atoms with Crippen molar-refractivity contribution in [2.75, 3.05) is 13.7 Å².